The number of halogens is 1. The first-order chi connectivity index (χ1) is 15.6. The molecule has 1 saturated heterocycles. The molecule has 0 aliphatic carbocycles. The molecule has 0 radical (unpaired) electrons. The van der Waals surface area contributed by atoms with Gasteiger partial charge >= 0.3 is 0 Å². The summed E-state index contributed by atoms with van der Waals surface area (Å²) in [6.45, 7) is 5.52. The molecular weight excluding hydrogens is 425 g/mol. The monoisotopic (exact) mass is 453 g/mol. The van der Waals surface area contributed by atoms with Crippen molar-refractivity contribution in [3.8, 4) is 5.75 Å². The van der Waals surface area contributed by atoms with E-state index in [1.54, 1.807) is 30.6 Å². The van der Waals surface area contributed by atoms with Crippen LogP contribution in [0, 0.1) is 5.82 Å². The van der Waals surface area contributed by atoms with Crippen LogP contribution in [0.15, 0.2) is 66.0 Å². The van der Waals surface area contributed by atoms with Crippen LogP contribution >= 0.6 is 11.3 Å². The maximum absolute atomic E-state index is 14.1. The zero-order valence-electron chi connectivity index (χ0n) is 18.3. The molecule has 168 valence electrons. The Morgan fingerprint density at radius 1 is 1.03 bits per heavy atom. The van der Waals surface area contributed by atoms with Crippen molar-refractivity contribution in [1.82, 2.24) is 10.2 Å². The van der Waals surface area contributed by atoms with Crippen LogP contribution in [-0.2, 0) is 0 Å². The van der Waals surface area contributed by atoms with Gasteiger partial charge in [-0.15, -0.1) is 11.3 Å². The molecule has 4 rings (SSSR count). The highest BCUT2D eigenvalue weighted by Crippen LogP contribution is 2.30. The van der Waals surface area contributed by atoms with Gasteiger partial charge in [0.25, 0.3) is 5.91 Å². The molecule has 2 aromatic carbocycles. The van der Waals surface area contributed by atoms with Crippen LogP contribution in [0.3, 0.4) is 0 Å². The van der Waals surface area contributed by atoms with Gasteiger partial charge in [0.05, 0.1) is 18.7 Å². The van der Waals surface area contributed by atoms with Gasteiger partial charge in [-0.2, -0.15) is 0 Å². The Bertz CT molecular complexity index is 1020. The van der Waals surface area contributed by atoms with E-state index >= 15 is 0 Å². The van der Waals surface area contributed by atoms with E-state index in [9.17, 15) is 9.18 Å². The van der Waals surface area contributed by atoms with Gasteiger partial charge in [0.1, 0.15) is 11.6 Å². The molecule has 5 nitrogen and oxygen atoms in total. The number of amides is 1. The lowest BCUT2D eigenvalue weighted by molar-refractivity contribution is 0.0886. The normalized spacial score (nSPS) is 16.4. The highest BCUT2D eigenvalue weighted by Gasteiger charge is 2.31. The zero-order chi connectivity index (χ0) is 22.5. The highest BCUT2D eigenvalue weighted by molar-refractivity contribution is 7.10. The predicted octanol–water partition coefficient (Wildman–Crippen LogP) is 4.58. The Hall–Kier alpha value is -2.90. The van der Waals surface area contributed by atoms with E-state index in [0.717, 1.165) is 31.9 Å². The smallest absolute Gasteiger partial charge is 0.254 e. The molecule has 1 N–H and O–H groups in total. The lowest BCUT2D eigenvalue weighted by Crippen LogP contribution is -2.52. The summed E-state index contributed by atoms with van der Waals surface area (Å²) in [5, 5.41) is 5.09. The van der Waals surface area contributed by atoms with Crippen LogP contribution in [0.25, 0.3) is 0 Å². The van der Waals surface area contributed by atoms with E-state index in [1.165, 1.54) is 22.7 Å². The maximum atomic E-state index is 14.1. The van der Waals surface area contributed by atoms with E-state index in [1.807, 2.05) is 25.1 Å². The molecule has 1 amide bonds. The second-order valence-corrected chi connectivity index (χ2v) is 8.90. The average Bonchev–Trinajstić information content (AvgIpc) is 3.34. The third-order valence-electron chi connectivity index (χ3n) is 5.93. The van der Waals surface area contributed by atoms with Crippen molar-refractivity contribution < 1.29 is 13.9 Å². The van der Waals surface area contributed by atoms with Crippen LogP contribution in [-0.4, -0.2) is 50.1 Å². The lowest BCUT2D eigenvalue weighted by Gasteiger charge is -2.42. The molecule has 1 fully saturated rings. The molecule has 3 aromatic rings. The number of anilines is 1. The number of rotatable bonds is 7. The van der Waals surface area contributed by atoms with Crippen molar-refractivity contribution in [3.63, 3.8) is 0 Å². The second-order valence-electron chi connectivity index (χ2n) is 7.92. The minimum atomic E-state index is -0.502. The van der Waals surface area contributed by atoms with Crippen LogP contribution in [0.1, 0.15) is 28.2 Å². The molecule has 2 atom stereocenters. The number of piperazine rings is 1. The first-order valence-corrected chi connectivity index (χ1v) is 11.7. The minimum Gasteiger partial charge on any atom is -0.497 e. The van der Waals surface area contributed by atoms with Crippen molar-refractivity contribution in [1.29, 1.82) is 0 Å². The Labute approximate surface area is 192 Å². The van der Waals surface area contributed by atoms with Crippen LogP contribution in [0.2, 0.25) is 0 Å². The first-order valence-electron chi connectivity index (χ1n) is 10.8. The van der Waals surface area contributed by atoms with Crippen molar-refractivity contribution in [2.45, 2.75) is 19.0 Å². The molecule has 2 heterocycles. The Kier molecular flexibility index (Phi) is 7.07. The highest BCUT2D eigenvalue weighted by atomic mass is 32.1. The molecule has 0 unspecified atom stereocenters. The molecule has 0 bridgehead atoms. The maximum Gasteiger partial charge on any atom is 0.254 e. The summed E-state index contributed by atoms with van der Waals surface area (Å²) in [6.07, 6.45) is 0. The van der Waals surface area contributed by atoms with E-state index in [0.29, 0.717) is 0 Å². The summed E-state index contributed by atoms with van der Waals surface area (Å²) in [6, 6.07) is 18.2. The molecule has 1 aliphatic rings. The van der Waals surface area contributed by atoms with Crippen molar-refractivity contribution in [2.75, 3.05) is 38.2 Å². The van der Waals surface area contributed by atoms with Gasteiger partial charge in [-0.25, -0.2) is 4.39 Å². The fourth-order valence-corrected chi connectivity index (χ4v) is 5.23. The number of benzene rings is 2. The second kappa shape index (κ2) is 10.1. The largest absolute Gasteiger partial charge is 0.497 e. The number of thiophene rings is 1. The van der Waals surface area contributed by atoms with E-state index in [4.69, 9.17) is 4.74 Å². The van der Waals surface area contributed by atoms with E-state index < -0.39 is 5.82 Å². The molecule has 0 spiro atoms. The van der Waals surface area contributed by atoms with Crippen LogP contribution in [0.4, 0.5) is 10.1 Å². The van der Waals surface area contributed by atoms with Gasteiger partial charge in [-0.3, -0.25) is 9.69 Å². The lowest BCUT2D eigenvalue weighted by atomic mass is 10.0. The van der Waals surface area contributed by atoms with Crippen LogP contribution in [0.5, 0.6) is 5.75 Å². The Morgan fingerprint density at radius 3 is 2.38 bits per heavy atom. The Balaban J connectivity index is 1.45. The number of nitrogens with one attached hydrogen (secondary N) is 1. The summed E-state index contributed by atoms with van der Waals surface area (Å²) in [7, 11) is 1.67. The fraction of sp³-hybridized carbons (Fsp3) is 0.320. The average molecular weight is 454 g/mol. The third kappa shape index (κ3) is 4.95. The summed E-state index contributed by atoms with van der Waals surface area (Å²) in [5.74, 6) is -0.0310. The number of hydrogen-bond acceptors (Lipinski definition) is 5. The summed E-state index contributed by atoms with van der Waals surface area (Å²) in [4.78, 5) is 18.7. The number of hydrogen-bond donors (Lipinski definition) is 1. The SMILES string of the molecule is COc1ccc(N2CCN([C@@H](c3cccs3)[C@@H](C)NC(=O)c3ccccc3F)CC2)cc1. The number of ether oxygens (including phenoxy) is 1. The standard InChI is InChI=1S/C25H28FN3O2S/c1-18(27-25(30)21-6-3-4-7-22(21)26)24(23-8-5-17-32-23)29-15-13-28(14-16-29)19-9-11-20(31-2)12-10-19/h3-12,17-18,24H,13-16H2,1-2H3,(H,27,30)/t18-,24-/m1/s1. The molecular formula is C25H28FN3O2S. The van der Waals surface area contributed by atoms with Gasteiger partial charge in [0.2, 0.25) is 0 Å². The van der Waals surface area contributed by atoms with Crippen molar-refractivity contribution in [3.05, 3.63) is 82.3 Å². The summed E-state index contributed by atoms with van der Waals surface area (Å²) < 4.78 is 19.3. The quantitative estimate of drug-likeness (QED) is 0.569. The predicted molar refractivity (Wildman–Crippen MR) is 127 cm³/mol. The molecule has 7 heteroatoms. The molecule has 1 aromatic heterocycles. The fourth-order valence-electron chi connectivity index (χ4n) is 4.26. The van der Waals surface area contributed by atoms with E-state index in [-0.39, 0.29) is 23.6 Å². The first kappa shape index (κ1) is 22.3. The Morgan fingerprint density at radius 2 is 1.75 bits per heavy atom. The zero-order valence-corrected chi connectivity index (χ0v) is 19.1. The third-order valence-corrected chi connectivity index (χ3v) is 6.87. The number of methoxy groups -OCH3 is 1. The summed E-state index contributed by atoms with van der Waals surface area (Å²) in [5.41, 5.74) is 1.26. The van der Waals surface area contributed by atoms with Gasteiger partial charge < -0.3 is 15.0 Å². The van der Waals surface area contributed by atoms with Gasteiger partial charge in [0.15, 0.2) is 0 Å². The molecule has 1 aliphatic heterocycles. The van der Waals surface area contributed by atoms with E-state index in [2.05, 4.69) is 38.7 Å². The number of carbonyl (C=O) groups excluding carboxylic acids is 1. The minimum absolute atomic E-state index is 0.0312. The summed E-state index contributed by atoms with van der Waals surface area (Å²) >= 11 is 1.69. The molecule has 0 saturated carbocycles. The van der Waals surface area contributed by atoms with Gasteiger partial charge in [-0.05, 0) is 54.8 Å². The number of carbonyl (C=O) groups is 1. The topological polar surface area (TPSA) is 44.8 Å². The molecule has 32 heavy (non-hydrogen) atoms. The number of nitrogens with zero attached hydrogens (tertiary/aromatic N) is 2. The van der Waals surface area contributed by atoms with Gasteiger partial charge in [-0.1, -0.05) is 18.2 Å². The van der Waals surface area contributed by atoms with Crippen LogP contribution < -0.4 is 15.0 Å². The van der Waals surface area contributed by atoms with Crippen molar-refractivity contribution in [2.24, 2.45) is 0 Å². The van der Waals surface area contributed by atoms with Gasteiger partial charge in [0, 0.05) is 42.8 Å². The van der Waals surface area contributed by atoms with Crippen molar-refractivity contribution >= 4 is 22.9 Å².